The molecule has 70 valence electrons. The van der Waals surface area contributed by atoms with Gasteiger partial charge in [0.15, 0.2) is 0 Å². The lowest BCUT2D eigenvalue weighted by atomic mass is 9.97. The van der Waals surface area contributed by atoms with E-state index in [2.05, 4.69) is 0 Å². The number of aliphatic hydroxyl groups excluding tert-OH is 1. The molecule has 1 aliphatic rings. The van der Waals surface area contributed by atoms with Crippen LogP contribution in [0.4, 0.5) is 0 Å². The number of amides is 1. The molecule has 1 fully saturated rings. The average molecular weight is 172 g/mol. The Morgan fingerprint density at radius 3 is 2.92 bits per heavy atom. The number of aliphatic hydroxyl groups is 1. The maximum atomic E-state index is 11.1. The zero-order chi connectivity index (χ0) is 9.14. The van der Waals surface area contributed by atoms with Crippen molar-refractivity contribution in [3.63, 3.8) is 0 Å². The Bertz CT molecular complexity index is 172. The number of nitrogens with two attached hydrogens (primary N) is 1. The number of rotatable bonds is 1. The van der Waals surface area contributed by atoms with Gasteiger partial charge >= 0.3 is 0 Å². The van der Waals surface area contributed by atoms with Gasteiger partial charge in [-0.3, -0.25) is 4.79 Å². The van der Waals surface area contributed by atoms with Gasteiger partial charge in [0.2, 0.25) is 5.91 Å². The second kappa shape index (κ2) is 3.87. The van der Waals surface area contributed by atoms with Gasteiger partial charge in [0, 0.05) is 13.1 Å². The zero-order valence-corrected chi connectivity index (χ0v) is 7.36. The van der Waals surface area contributed by atoms with Crippen molar-refractivity contribution in [3.8, 4) is 0 Å². The minimum absolute atomic E-state index is 0.0197. The van der Waals surface area contributed by atoms with Crippen LogP contribution >= 0.6 is 0 Å². The van der Waals surface area contributed by atoms with Crippen molar-refractivity contribution in [2.75, 3.05) is 19.6 Å². The molecule has 0 radical (unpaired) electrons. The first-order valence-electron chi connectivity index (χ1n) is 4.31. The van der Waals surface area contributed by atoms with E-state index in [1.807, 2.05) is 6.92 Å². The monoisotopic (exact) mass is 172 g/mol. The molecule has 1 rings (SSSR count). The Labute approximate surface area is 72.3 Å². The highest BCUT2D eigenvalue weighted by atomic mass is 16.3. The van der Waals surface area contributed by atoms with Crippen molar-refractivity contribution >= 4 is 5.91 Å². The lowest BCUT2D eigenvalue weighted by molar-refractivity contribution is -0.133. The predicted octanol–water partition coefficient (Wildman–Crippen LogP) is -0.826. The van der Waals surface area contributed by atoms with Crippen molar-refractivity contribution in [2.45, 2.75) is 19.4 Å². The number of carbonyl (C=O) groups is 1. The van der Waals surface area contributed by atoms with E-state index in [1.165, 1.54) is 0 Å². The SMILES string of the molecule is C[C@H]1CN(C(=O)CN)CC[C@H]1O. The normalized spacial score (nSPS) is 30.4. The molecule has 0 spiro atoms. The molecular weight excluding hydrogens is 156 g/mol. The zero-order valence-electron chi connectivity index (χ0n) is 7.36. The van der Waals surface area contributed by atoms with E-state index in [-0.39, 0.29) is 24.5 Å². The van der Waals surface area contributed by atoms with Gasteiger partial charge in [-0.05, 0) is 12.3 Å². The van der Waals surface area contributed by atoms with Crippen LogP contribution in [0.15, 0.2) is 0 Å². The molecule has 1 aliphatic heterocycles. The lowest BCUT2D eigenvalue weighted by Gasteiger charge is -2.34. The third-order valence-corrected chi connectivity index (χ3v) is 2.39. The number of hydrogen-bond donors (Lipinski definition) is 2. The van der Waals surface area contributed by atoms with E-state index < -0.39 is 0 Å². The standard InChI is InChI=1S/C8H16N2O2/c1-6-5-10(8(12)4-9)3-2-7(6)11/h6-7,11H,2-5,9H2,1H3/t6-,7+/m0/s1. The maximum Gasteiger partial charge on any atom is 0.236 e. The first-order valence-corrected chi connectivity index (χ1v) is 4.31. The molecule has 4 heteroatoms. The van der Waals surface area contributed by atoms with Crippen molar-refractivity contribution < 1.29 is 9.90 Å². The maximum absolute atomic E-state index is 11.1. The molecule has 1 saturated heterocycles. The van der Waals surface area contributed by atoms with E-state index in [9.17, 15) is 9.90 Å². The van der Waals surface area contributed by atoms with Gasteiger partial charge in [0.05, 0.1) is 12.6 Å². The second-order valence-corrected chi connectivity index (χ2v) is 3.38. The Kier molecular flexibility index (Phi) is 3.05. The molecule has 0 aromatic rings. The van der Waals surface area contributed by atoms with E-state index >= 15 is 0 Å². The predicted molar refractivity (Wildman–Crippen MR) is 45.4 cm³/mol. The van der Waals surface area contributed by atoms with E-state index in [4.69, 9.17) is 5.73 Å². The molecule has 0 unspecified atom stereocenters. The molecule has 2 atom stereocenters. The smallest absolute Gasteiger partial charge is 0.236 e. The minimum atomic E-state index is -0.258. The summed E-state index contributed by atoms with van der Waals surface area (Å²) in [5.74, 6) is 0.156. The molecule has 1 heterocycles. The van der Waals surface area contributed by atoms with E-state index in [0.29, 0.717) is 19.5 Å². The summed E-state index contributed by atoms with van der Waals surface area (Å²) in [6, 6.07) is 0. The van der Waals surface area contributed by atoms with Crippen molar-refractivity contribution in [2.24, 2.45) is 11.7 Å². The first-order chi connectivity index (χ1) is 5.65. The Balaban J connectivity index is 2.45. The molecule has 3 N–H and O–H groups in total. The second-order valence-electron chi connectivity index (χ2n) is 3.38. The molecule has 0 aromatic heterocycles. The summed E-state index contributed by atoms with van der Waals surface area (Å²) < 4.78 is 0. The molecule has 0 bridgehead atoms. The largest absolute Gasteiger partial charge is 0.393 e. The average Bonchev–Trinajstić information content (AvgIpc) is 2.08. The van der Waals surface area contributed by atoms with Crippen LogP contribution < -0.4 is 5.73 Å². The number of hydrogen-bond acceptors (Lipinski definition) is 3. The molecule has 12 heavy (non-hydrogen) atoms. The number of piperidine rings is 1. The topological polar surface area (TPSA) is 66.6 Å². The van der Waals surface area contributed by atoms with Gasteiger partial charge in [-0.2, -0.15) is 0 Å². The summed E-state index contributed by atoms with van der Waals surface area (Å²) in [6.45, 7) is 3.29. The van der Waals surface area contributed by atoms with Gasteiger partial charge < -0.3 is 15.7 Å². The van der Waals surface area contributed by atoms with Crippen LogP contribution in [0.5, 0.6) is 0 Å². The number of nitrogens with zero attached hydrogens (tertiary/aromatic N) is 1. The van der Waals surface area contributed by atoms with Crippen LogP contribution in [0.25, 0.3) is 0 Å². The van der Waals surface area contributed by atoms with Gasteiger partial charge in [-0.15, -0.1) is 0 Å². The van der Waals surface area contributed by atoms with Crippen LogP contribution in [0.2, 0.25) is 0 Å². The highest BCUT2D eigenvalue weighted by Crippen LogP contribution is 2.15. The highest BCUT2D eigenvalue weighted by Gasteiger charge is 2.26. The third-order valence-electron chi connectivity index (χ3n) is 2.39. The fourth-order valence-corrected chi connectivity index (χ4v) is 1.49. The quantitative estimate of drug-likeness (QED) is 0.543. The summed E-state index contributed by atoms with van der Waals surface area (Å²) in [5.41, 5.74) is 5.23. The van der Waals surface area contributed by atoms with Crippen LogP contribution in [0.1, 0.15) is 13.3 Å². The molecule has 0 aliphatic carbocycles. The summed E-state index contributed by atoms with van der Waals surface area (Å²) in [4.78, 5) is 12.9. The Morgan fingerprint density at radius 2 is 2.42 bits per heavy atom. The summed E-state index contributed by atoms with van der Waals surface area (Å²) >= 11 is 0. The van der Waals surface area contributed by atoms with Gasteiger partial charge in [0.25, 0.3) is 0 Å². The van der Waals surface area contributed by atoms with Crippen molar-refractivity contribution in [1.29, 1.82) is 0 Å². The van der Waals surface area contributed by atoms with E-state index in [0.717, 1.165) is 0 Å². The third kappa shape index (κ3) is 1.95. The first kappa shape index (κ1) is 9.48. The fourth-order valence-electron chi connectivity index (χ4n) is 1.49. The minimum Gasteiger partial charge on any atom is -0.393 e. The Hall–Kier alpha value is -0.610. The van der Waals surface area contributed by atoms with Crippen LogP contribution in [0, 0.1) is 5.92 Å². The summed E-state index contributed by atoms with van der Waals surface area (Å²) in [6.07, 6.45) is 0.416. The van der Waals surface area contributed by atoms with Crippen LogP contribution in [-0.4, -0.2) is 41.7 Å². The van der Waals surface area contributed by atoms with Gasteiger partial charge in [-0.1, -0.05) is 6.92 Å². The molecule has 0 saturated carbocycles. The lowest BCUT2D eigenvalue weighted by Crippen LogP contribution is -2.47. The molecule has 1 amide bonds. The fraction of sp³-hybridized carbons (Fsp3) is 0.875. The summed E-state index contributed by atoms with van der Waals surface area (Å²) in [5, 5.41) is 9.38. The molecule has 4 nitrogen and oxygen atoms in total. The number of carbonyl (C=O) groups excluding carboxylic acids is 1. The molecular formula is C8H16N2O2. The van der Waals surface area contributed by atoms with E-state index in [1.54, 1.807) is 4.90 Å². The number of likely N-dealkylation sites (tertiary alicyclic amines) is 1. The van der Waals surface area contributed by atoms with Gasteiger partial charge in [0.1, 0.15) is 0 Å². The van der Waals surface area contributed by atoms with Crippen LogP contribution in [-0.2, 0) is 4.79 Å². The van der Waals surface area contributed by atoms with Crippen LogP contribution in [0.3, 0.4) is 0 Å². The Morgan fingerprint density at radius 1 is 1.75 bits per heavy atom. The highest BCUT2D eigenvalue weighted by molar-refractivity contribution is 5.78. The summed E-state index contributed by atoms with van der Waals surface area (Å²) in [7, 11) is 0. The molecule has 0 aromatic carbocycles. The van der Waals surface area contributed by atoms with Crippen molar-refractivity contribution in [1.82, 2.24) is 4.90 Å². The van der Waals surface area contributed by atoms with Crippen molar-refractivity contribution in [3.05, 3.63) is 0 Å². The van der Waals surface area contributed by atoms with Gasteiger partial charge in [-0.25, -0.2) is 0 Å².